The Kier molecular flexibility index (Phi) is 6.24. The third-order valence-corrected chi connectivity index (χ3v) is 3.49. The summed E-state index contributed by atoms with van der Waals surface area (Å²) in [6.45, 7) is 16.8. The Morgan fingerprint density at radius 1 is 1.30 bits per heavy atom. The van der Waals surface area contributed by atoms with Gasteiger partial charge in [-0.3, -0.25) is 0 Å². The molecule has 0 spiro atoms. The van der Waals surface area contributed by atoms with Gasteiger partial charge in [-0.15, -0.1) is 0 Å². The van der Waals surface area contributed by atoms with Crippen LogP contribution in [0.4, 0.5) is 0 Å². The summed E-state index contributed by atoms with van der Waals surface area (Å²) in [6.07, 6.45) is 8.32. The molecule has 0 N–H and O–H groups in total. The molecular formula is C20H26. The first-order valence-corrected chi connectivity index (χ1v) is 7.30. The molecule has 0 atom stereocenters. The Balaban J connectivity index is 3.58. The molecule has 106 valence electrons. The van der Waals surface area contributed by atoms with E-state index in [0.29, 0.717) is 0 Å². The second-order valence-electron chi connectivity index (χ2n) is 5.15. The third-order valence-electron chi connectivity index (χ3n) is 3.49. The second-order valence-corrected chi connectivity index (χ2v) is 5.15. The maximum atomic E-state index is 4.31. The first-order valence-electron chi connectivity index (χ1n) is 7.30. The molecule has 0 saturated carbocycles. The van der Waals surface area contributed by atoms with Gasteiger partial charge in [0.05, 0.1) is 0 Å². The summed E-state index contributed by atoms with van der Waals surface area (Å²) in [7, 11) is 0. The van der Waals surface area contributed by atoms with Gasteiger partial charge in [0.15, 0.2) is 0 Å². The highest BCUT2D eigenvalue weighted by atomic mass is 14.2. The van der Waals surface area contributed by atoms with E-state index >= 15 is 0 Å². The lowest BCUT2D eigenvalue weighted by atomic mass is 9.86. The fourth-order valence-corrected chi connectivity index (χ4v) is 2.61. The van der Waals surface area contributed by atoms with E-state index in [1.807, 2.05) is 6.08 Å². The monoisotopic (exact) mass is 266 g/mol. The maximum Gasteiger partial charge on any atom is -0.00771 e. The van der Waals surface area contributed by atoms with E-state index in [9.17, 15) is 0 Å². The number of hydrogen-bond donors (Lipinski definition) is 0. The van der Waals surface area contributed by atoms with Crippen LogP contribution >= 0.6 is 0 Å². The van der Waals surface area contributed by atoms with Crippen LogP contribution in [0.1, 0.15) is 50.3 Å². The van der Waals surface area contributed by atoms with Crippen LogP contribution in [0.25, 0.3) is 11.6 Å². The van der Waals surface area contributed by atoms with E-state index in [-0.39, 0.29) is 0 Å². The predicted molar refractivity (Wildman–Crippen MR) is 92.7 cm³/mol. The van der Waals surface area contributed by atoms with Gasteiger partial charge in [0.1, 0.15) is 0 Å². The summed E-state index contributed by atoms with van der Waals surface area (Å²) in [5, 5.41) is 0. The van der Waals surface area contributed by atoms with E-state index in [1.165, 1.54) is 33.4 Å². The maximum absolute atomic E-state index is 4.31. The largest absolute Gasteiger partial charge is 0.0984 e. The number of rotatable bonds is 6. The normalized spacial score (nSPS) is 12.4. The average molecular weight is 266 g/mol. The van der Waals surface area contributed by atoms with Crippen LogP contribution in [0.15, 0.2) is 54.7 Å². The molecule has 0 bridgehead atoms. The molecule has 20 heavy (non-hydrogen) atoms. The first kappa shape index (κ1) is 16.2. The smallest absolute Gasteiger partial charge is 0.00771 e. The number of allylic oxidation sites excluding steroid dienone is 5. The molecule has 0 heterocycles. The SMILES string of the molecule is C=Cc1cccc(C)c1/C(C(=C)CCC)=C(C)/C=C\C. The summed E-state index contributed by atoms with van der Waals surface area (Å²) in [5.41, 5.74) is 7.48. The molecule has 0 amide bonds. The molecule has 0 aliphatic carbocycles. The topological polar surface area (TPSA) is 0 Å². The lowest BCUT2D eigenvalue weighted by Crippen LogP contribution is -1.98. The van der Waals surface area contributed by atoms with Crippen molar-refractivity contribution >= 4 is 11.6 Å². The average Bonchev–Trinajstić information content (AvgIpc) is 2.41. The van der Waals surface area contributed by atoms with E-state index in [4.69, 9.17) is 0 Å². The minimum Gasteiger partial charge on any atom is -0.0984 e. The van der Waals surface area contributed by atoms with Gasteiger partial charge in [-0.05, 0) is 60.6 Å². The molecule has 0 fully saturated rings. The molecule has 0 saturated heterocycles. The van der Waals surface area contributed by atoms with Crippen molar-refractivity contribution in [1.29, 1.82) is 0 Å². The lowest BCUT2D eigenvalue weighted by molar-refractivity contribution is 0.932. The van der Waals surface area contributed by atoms with Gasteiger partial charge in [0.25, 0.3) is 0 Å². The van der Waals surface area contributed by atoms with Crippen molar-refractivity contribution < 1.29 is 0 Å². The molecule has 0 aromatic heterocycles. The van der Waals surface area contributed by atoms with E-state index in [0.717, 1.165) is 12.8 Å². The Bertz CT molecular complexity index is 553. The fourth-order valence-electron chi connectivity index (χ4n) is 2.61. The van der Waals surface area contributed by atoms with Crippen LogP contribution in [0, 0.1) is 6.92 Å². The van der Waals surface area contributed by atoms with Gasteiger partial charge in [0, 0.05) is 0 Å². The molecule has 1 rings (SSSR count). The van der Waals surface area contributed by atoms with E-state index < -0.39 is 0 Å². The molecule has 0 unspecified atom stereocenters. The van der Waals surface area contributed by atoms with Crippen LogP contribution < -0.4 is 0 Å². The highest BCUT2D eigenvalue weighted by Crippen LogP contribution is 2.34. The standard InChI is InChI=1S/C20H26/c1-7-11-15(4)19(16(5)12-8-2)20-17(6)13-10-14-18(20)9-3/h8-10,12-14H,3-4,7,11H2,1-2,5-6H3/b12-8-,19-16+. The van der Waals surface area contributed by atoms with Crippen LogP contribution in [0.5, 0.6) is 0 Å². The molecule has 0 heteroatoms. The van der Waals surface area contributed by atoms with Gasteiger partial charge in [-0.1, -0.05) is 62.9 Å². The number of benzene rings is 1. The molecule has 0 aliphatic rings. The van der Waals surface area contributed by atoms with Crippen molar-refractivity contribution in [3.05, 3.63) is 71.3 Å². The van der Waals surface area contributed by atoms with Crippen LogP contribution in [0.2, 0.25) is 0 Å². The summed E-state index contributed by atoms with van der Waals surface area (Å²) in [5.74, 6) is 0. The van der Waals surface area contributed by atoms with Gasteiger partial charge in [0.2, 0.25) is 0 Å². The van der Waals surface area contributed by atoms with Crippen molar-refractivity contribution in [2.45, 2.75) is 40.5 Å². The summed E-state index contributed by atoms with van der Waals surface area (Å²) in [6, 6.07) is 6.36. The number of hydrogen-bond acceptors (Lipinski definition) is 0. The first-order chi connectivity index (χ1) is 9.56. The quantitative estimate of drug-likeness (QED) is 0.527. The van der Waals surface area contributed by atoms with Gasteiger partial charge in [-0.25, -0.2) is 0 Å². The lowest BCUT2D eigenvalue weighted by Gasteiger charge is -2.18. The van der Waals surface area contributed by atoms with Crippen LogP contribution in [0.3, 0.4) is 0 Å². The fraction of sp³-hybridized carbons (Fsp3) is 0.300. The number of aryl methyl sites for hydroxylation is 1. The van der Waals surface area contributed by atoms with Crippen LogP contribution in [-0.2, 0) is 0 Å². The van der Waals surface area contributed by atoms with Crippen molar-refractivity contribution in [2.24, 2.45) is 0 Å². The third kappa shape index (κ3) is 3.60. The van der Waals surface area contributed by atoms with Gasteiger partial charge >= 0.3 is 0 Å². The zero-order valence-electron chi connectivity index (χ0n) is 13.3. The summed E-state index contributed by atoms with van der Waals surface area (Å²) >= 11 is 0. The van der Waals surface area contributed by atoms with Gasteiger partial charge in [-0.2, -0.15) is 0 Å². The minimum atomic E-state index is 1.02. The zero-order chi connectivity index (χ0) is 15.1. The Labute approximate surface area is 124 Å². The van der Waals surface area contributed by atoms with Gasteiger partial charge < -0.3 is 0 Å². The highest BCUT2D eigenvalue weighted by molar-refractivity contribution is 5.87. The molecule has 0 radical (unpaired) electrons. The Morgan fingerprint density at radius 3 is 2.55 bits per heavy atom. The minimum absolute atomic E-state index is 1.02. The summed E-state index contributed by atoms with van der Waals surface area (Å²) in [4.78, 5) is 0. The molecule has 0 aliphatic heterocycles. The Morgan fingerprint density at radius 2 is 2.00 bits per heavy atom. The predicted octanol–water partition coefficient (Wildman–Crippen LogP) is 6.34. The van der Waals surface area contributed by atoms with Crippen molar-refractivity contribution in [3.63, 3.8) is 0 Å². The molecule has 1 aromatic rings. The Hall–Kier alpha value is -1.82. The van der Waals surface area contributed by atoms with Crippen LogP contribution in [-0.4, -0.2) is 0 Å². The second kappa shape index (κ2) is 7.69. The zero-order valence-corrected chi connectivity index (χ0v) is 13.3. The highest BCUT2D eigenvalue weighted by Gasteiger charge is 2.13. The molecule has 0 nitrogen and oxygen atoms in total. The van der Waals surface area contributed by atoms with Crippen molar-refractivity contribution in [1.82, 2.24) is 0 Å². The van der Waals surface area contributed by atoms with E-state index in [2.05, 4.69) is 71.2 Å². The summed E-state index contributed by atoms with van der Waals surface area (Å²) < 4.78 is 0. The molecule has 1 aromatic carbocycles. The van der Waals surface area contributed by atoms with Crippen molar-refractivity contribution in [2.75, 3.05) is 0 Å². The molecular weight excluding hydrogens is 240 g/mol. The van der Waals surface area contributed by atoms with E-state index in [1.54, 1.807) is 0 Å². The van der Waals surface area contributed by atoms with Crippen molar-refractivity contribution in [3.8, 4) is 0 Å².